The summed E-state index contributed by atoms with van der Waals surface area (Å²) >= 11 is 0. The highest BCUT2D eigenvalue weighted by atomic mass is 19.1. The van der Waals surface area contributed by atoms with E-state index in [1.165, 1.54) is 12.1 Å². The van der Waals surface area contributed by atoms with Gasteiger partial charge in [0.2, 0.25) is 11.8 Å². The van der Waals surface area contributed by atoms with Gasteiger partial charge in [-0.25, -0.2) is 4.39 Å². The second-order valence-electron chi connectivity index (χ2n) is 8.61. The number of piperazine rings is 1. The molecular formula is C25H31FN4O2. The van der Waals surface area contributed by atoms with Crippen molar-refractivity contribution < 1.29 is 14.0 Å². The summed E-state index contributed by atoms with van der Waals surface area (Å²) in [5.41, 5.74) is 2.79. The molecule has 32 heavy (non-hydrogen) atoms. The molecule has 0 radical (unpaired) electrons. The summed E-state index contributed by atoms with van der Waals surface area (Å²) in [7, 11) is 0. The molecule has 6 nitrogen and oxygen atoms in total. The molecule has 1 saturated heterocycles. The van der Waals surface area contributed by atoms with Crippen molar-refractivity contribution in [2.75, 3.05) is 38.0 Å². The Hall–Kier alpha value is -2.77. The average Bonchev–Trinajstić information content (AvgIpc) is 3.61. The maximum Gasteiger partial charge on any atom is 0.242 e. The first-order chi connectivity index (χ1) is 15.5. The third kappa shape index (κ3) is 5.72. The van der Waals surface area contributed by atoms with Crippen molar-refractivity contribution in [2.45, 2.75) is 38.3 Å². The number of carbonyl (C=O) groups is 2. The van der Waals surface area contributed by atoms with Crippen LogP contribution in [0.15, 0.2) is 48.5 Å². The molecule has 1 aliphatic heterocycles. The van der Waals surface area contributed by atoms with Crippen LogP contribution in [0.3, 0.4) is 0 Å². The lowest BCUT2D eigenvalue weighted by atomic mass is 10.0. The zero-order valence-electron chi connectivity index (χ0n) is 18.5. The van der Waals surface area contributed by atoms with Crippen LogP contribution in [-0.2, 0) is 16.0 Å². The Balaban J connectivity index is 1.35. The summed E-state index contributed by atoms with van der Waals surface area (Å²) < 4.78 is 13.4. The number of hydrogen-bond donors (Lipinski definition) is 2. The van der Waals surface area contributed by atoms with Crippen molar-refractivity contribution in [1.82, 2.24) is 15.1 Å². The van der Waals surface area contributed by atoms with Crippen LogP contribution in [0.4, 0.5) is 10.1 Å². The van der Waals surface area contributed by atoms with Gasteiger partial charge in [0, 0.05) is 37.9 Å². The number of amides is 2. The van der Waals surface area contributed by atoms with E-state index in [1.54, 1.807) is 12.1 Å². The molecule has 0 bridgehead atoms. The Labute approximate surface area is 188 Å². The van der Waals surface area contributed by atoms with Gasteiger partial charge in [-0.1, -0.05) is 37.3 Å². The number of para-hydroxylation sites is 1. The number of hydrogen-bond acceptors (Lipinski definition) is 4. The Morgan fingerprint density at radius 3 is 2.38 bits per heavy atom. The summed E-state index contributed by atoms with van der Waals surface area (Å²) in [4.78, 5) is 29.8. The van der Waals surface area contributed by atoms with E-state index in [9.17, 15) is 14.0 Å². The Morgan fingerprint density at radius 1 is 1.03 bits per heavy atom. The highest BCUT2D eigenvalue weighted by molar-refractivity contribution is 5.93. The van der Waals surface area contributed by atoms with Gasteiger partial charge in [-0.05, 0) is 48.6 Å². The van der Waals surface area contributed by atoms with E-state index in [0.717, 1.165) is 36.1 Å². The summed E-state index contributed by atoms with van der Waals surface area (Å²) in [5, 5.41) is 6.12. The molecule has 1 atom stereocenters. The highest BCUT2D eigenvalue weighted by Crippen LogP contribution is 2.26. The smallest absolute Gasteiger partial charge is 0.242 e. The molecule has 2 aromatic carbocycles. The van der Waals surface area contributed by atoms with Gasteiger partial charge in [0.15, 0.2) is 0 Å². The van der Waals surface area contributed by atoms with Crippen LogP contribution < -0.4 is 10.6 Å². The van der Waals surface area contributed by atoms with Gasteiger partial charge in [-0.15, -0.1) is 0 Å². The maximum atomic E-state index is 13.4. The first kappa shape index (κ1) is 22.4. The van der Waals surface area contributed by atoms with Crippen LogP contribution >= 0.6 is 0 Å². The zero-order valence-corrected chi connectivity index (χ0v) is 18.5. The van der Waals surface area contributed by atoms with Crippen LogP contribution in [0.2, 0.25) is 0 Å². The first-order valence-corrected chi connectivity index (χ1v) is 11.4. The number of nitrogens with zero attached hydrogens (tertiary/aromatic N) is 2. The average molecular weight is 439 g/mol. The summed E-state index contributed by atoms with van der Waals surface area (Å²) in [6.45, 7) is 5.11. The molecule has 2 aliphatic rings. The molecule has 0 spiro atoms. The standard InChI is InChI=1S/C25H31FN4O2/c1-2-18-5-3-4-6-22(18)28-23(31)17-29-13-15-30(16-14-29)24(25(32)27-21-11-12-21)19-7-9-20(26)10-8-19/h3-10,21,24H,2,11-17H2,1H3,(H,27,32)(H,28,31). The molecule has 0 aromatic heterocycles. The fourth-order valence-electron chi connectivity index (χ4n) is 4.20. The van der Waals surface area contributed by atoms with Crippen molar-refractivity contribution in [3.63, 3.8) is 0 Å². The van der Waals surface area contributed by atoms with Gasteiger partial charge in [0.25, 0.3) is 0 Å². The number of nitrogens with one attached hydrogen (secondary N) is 2. The second-order valence-corrected chi connectivity index (χ2v) is 8.61. The molecule has 7 heteroatoms. The normalized spacial score (nSPS) is 18.2. The van der Waals surface area contributed by atoms with Crippen molar-refractivity contribution in [2.24, 2.45) is 0 Å². The van der Waals surface area contributed by atoms with Gasteiger partial charge in [0.1, 0.15) is 11.9 Å². The van der Waals surface area contributed by atoms with E-state index >= 15 is 0 Å². The second kappa shape index (κ2) is 10.2. The predicted molar refractivity (Wildman–Crippen MR) is 123 cm³/mol. The predicted octanol–water partition coefficient (Wildman–Crippen LogP) is 2.96. The van der Waals surface area contributed by atoms with E-state index in [2.05, 4.69) is 27.4 Å². The molecule has 4 rings (SSSR count). The van der Waals surface area contributed by atoms with Crippen LogP contribution in [0, 0.1) is 5.82 Å². The Kier molecular flexibility index (Phi) is 7.17. The summed E-state index contributed by atoms with van der Waals surface area (Å²) in [6.07, 6.45) is 2.90. The third-order valence-corrected chi connectivity index (χ3v) is 6.17. The minimum Gasteiger partial charge on any atom is -0.352 e. The molecule has 2 fully saturated rings. The number of halogens is 1. The van der Waals surface area contributed by atoms with E-state index < -0.39 is 6.04 Å². The number of anilines is 1. The van der Waals surface area contributed by atoms with E-state index in [4.69, 9.17) is 0 Å². The first-order valence-electron chi connectivity index (χ1n) is 11.4. The van der Waals surface area contributed by atoms with Crippen LogP contribution in [0.25, 0.3) is 0 Å². The Bertz CT molecular complexity index is 937. The van der Waals surface area contributed by atoms with Crippen LogP contribution in [0.5, 0.6) is 0 Å². The van der Waals surface area contributed by atoms with Gasteiger partial charge < -0.3 is 10.6 Å². The number of aryl methyl sites for hydroxylation is 1. The van der Waals surface area contributed by atoms with E-state index in [-0.39, 0.29) is 23.7 Å². The minimum atomic E-state index is -0.441. The lowest BCUT2D eigenvalue weighted by Gasteiger charge is -2.38. The van der Waals surface area contributed by atoms with Crippen LogP contribution in [0.1, 0.15) is 36.9 Å². The number of benzene rings is 2. The van der Waals surface area contributed by atoms with Crippen molar-refractivity contribution in [1.29, 1.82) is 0 Å². The van der Waals surface area contributed by atoms with Gasteiger partial charge in [-0.3, -0.25) is 19.4 Å². The minimum absolute atomic E-state index is 0.0264. The van der Waals surface area contributed by atoms with E-state index in [1.807, 2.05) is 24.3 Å². The molecule has 2 N–H and O–H groups in total. The molecule has 1 saturated carbocycles. The molecule has 1 aliphatic carbocycles. The number of carbonyl (C=O) groups excluding carboxylic acids is 2. The molecule has 2 aromatic rings. The van der Waals surface area contributed by atoms with Gasteiger partial charge >= 0.3 is 0 Å². The summed E-state index contributed by atoms with van der Waals surface area (Å²) in [6, 6.07) is 13.9. The molecule has 2 amide bonds. The number of rotatable bonds is 8. The topological polar surface area (TPSA) is 64.7 Å². The quantitative estimate of drug-likeness (QED) is 0.665. The van der Waals surface area contributed by atoms with E-state index in [0.29, 0.717) is 32.7 Å². The fourth-order valence-corrected chi connectivity index (χ4v) is 4.20. The van der Waals surface area contributed by atoms with Crippen molar-refractivity contribution in [3.05, 3.63) is 65.5 Å². The molecular weight excluding hydrogens is 407 g/mol. The zero-order chi connectivity index (χ0) is 22.5. The van der Waals surface area contributed by atoms with Gasteiger partial charge in [-0.2, -0.15) is 0 Å². The van der Waals surface area contributed by atoms with Crippen molar-refractivity contribution in [3.8, 4) is 0 Å². The lowest BCUT2D eigenvalue weighted by Crippen LogP contribution is -2.52. The molecule has 170 valence electrons. The lowest BCUT2D eigenvalue weighted by molar-refractivity contribution is -0.128. The van der Waals surface area contributed by atoms with Crippen LogP contribution in [-0.4, -0.2) is 60.4 Å². The molecule has 1 heterocycles. The largest absolute Gasteiger partial charge is 0.352 e. The summed E-state index contributed by atoms with van der Waals surface area (Å²) in [5.74, 6) is -0.363. The SMILES string of the molecule is CCc1ccccc1NC(=O)CN1CCN(C(C(=O)NC2CC2)c2ccc(F)cc2)CC1. The molecule has 1 unspecified atom stereocenters. The highest BCUT2D eigenvalue weighted by Gasteiger charge is 2.34. The fraction of sp³-hybridized carbons (Fsp3) is 0.440. The van der Waals surface area contributed by atoms with Crippen molar-refractivity contribution >= 4 is 17.5 Å². The Morgan fingerprint density at radius 2 is 1.72 bits per heavy atom. The third-order valence-electron chi connectivity index (χ3n) is 6.17. The maximum absolute atomic E-state index is 13.4. The monoisotopic (exact) mass is 438 g/mol. The van der Waals surface area contributed by atoms with Gasteiger partial charge in [0.05, 0.1) is 6.54 Å².